The van der Waals surface area contributed by atoms with E-state index in [9.17, 15) is 4.79 Å². The van der Waals surface area contributed by atoms with Gasteiger partial charge in [-0.2, -0.15) is 11.8 Å². The van der Waals surface area contributed by atoms with Gasteiger partial charge in [0, 0.05) is 13.2 Å². The fraction of sp³-hybridized carbons (Fsp3) is 0.533. The molecule has 4 nitrogen and oxygen atoms in total. The molecule has 1 rings (SSSR count). The predicted molar refractivity (Wildman–Crippen MR) is 84.7 cm³/mol. The first-order valence-electron chi connectivity index (χ1n) is 6.88. The van der Waals surface area contributed by atoms with Crippen molar-refractivity contribution in [3.8, 4) is 0 Å². The fourth-order valence-corrected chi connectivity index (χ4v) is 2.15. The van der Waals surface area contributed by atoms with Gasteiger partial charge in [-0.15, -0.1) is 0 Å². The van der Waals surface area contributed by atoms with Crippen LogP contribution in [0.15, 0.2) is 30.3 Å². The molecule has 0 bridgehead atoms. The number of amides is 1. The van der Waals surface area contributed by atoms with Crippen molar-refractivity contribution >= 4 is 17.7 Å². The zero-order chi connectivity index (χ0) is 14.6. The Hall–Kier alpha value is -1.04. The molecule has 0 aliphatic rings. The van der Waals surface area contributed by atoms with Crippen LogP contribution in [0, 0.1) is 0 Å². The van der Waals surface area contributed by atoms with Crippen LogP contribution < -0.4 is 11.1 Å². The number of carbonyl (C=O) groups excluding carboxylic acids is 1. The summed E-state index contributed by atoms with van der Waals surface area (Å²) in [5.74, 6) is 0.844. The zero-order valence-electron chi connectivity index (χ0n) is 12.0. The van der Waals surface area contributed by atoms with Crippen LogP contribution >= 0.6 is 11.8 Å². The summed E-state index contributed by atoms with van der Waals surface area (Å²) >= 11 is 1.70. The van der Waals surface area contributed by atoms with E-state index in [1.165, 1.54) is 0 Å². The number of rotatable bonds is 10. The SMILES string of the molecule is CSCC[C@H](N)C(=O)NCCCOCc1ccccc1. The van der Waals surface area contributed by atoms with Crippen LogP contribution in [0.25, 0.3) is 0 Å². The Labute approximate surface area is 125 Å². The minimum Gasteiger partial charge on any atom is -0.377 e. The monoisotopic (exact) mass is 296 g/mol. The molecule has 1 aromatic rings. The maximum atomic E-state index is 11.6. The van der Waals surface area contributed by atoms with Crippen LogP contribution in [-0.4, -0.2) is 37.1 Å². The molecule has 112 valence electrons. The number of hydrogen-bond donors (Lipinski definition) is 2. The molecule has 20 heavy (non-hydrogen) atoms. The summed E-state index contributed by atoms with van der Waals surface area (Å²) in [5, 5.41) is 2.84. The summed E-state index contributed by atoms with van der Waals surface area (Å²) in [6.07, 6.45) is 3.53. The van der Waals surface area contributed by atoms with Crippen molar-refractivity contribution in [3.63, 3.8) is 0 Å². The second-order valence-corrected chi connectivity index (χ2v) is 5.56. The summed E-state index contributed by atoms with van der Waals surface area (Å²) in [4.78, 5) is 11.6. The standard InChI is InChI=1S/C15H24N2O2S/c1-20-11-8-14(16)15(18)17-9-5-10-19-12-13-6-3-2-4-7-13/h2-4,6-7,14H,5,8-12,16H2,1H3,(H,17,18)/t14-/m0/s1. The molecule has 0 fully saturated rings. The zero-order valence-corrected chi connectivity index (χ0v) is 12.8. The van der Waals surface area contributed by atoms with Crippen molar-refractivity contribution in [3.05, 3.63) is 35.9 Å². The molecular weight excluding hydrogens is 272 g/mol. The smallest absolute Gasteiger partial charge is 0.236 e. The third-order valence-corrected chi connectivity index (χ3v) is 3.49. The van der Waals surface area contributed by atoms with E-state index in [0.717, 1.165) is 24.2 Å². The molecule has 3 N–H and O–H groups in total. The van der Waals surface area contributed by atoms with Crippen LogP contribution in [0.1, 0.15) is 18.4 Å². The van der Waals surface area contributed by atoms with Crippen molar-refractivity contribution in [2.24, 2.45) is 5.73 Å². The quantitative estimate of drug-likeness (QED) is 0.646. The average molecular weight is 296 g/mol. The van der Waals surface area contributed by atoms with Gasteiger partial charge in [0.05, 0.1) is 12.6 Å². The Morgan fingerprint density at radius 1 is 1.40 bits per heavy atom. The van der Waals surface area contributed by atoms with E-state index in [-0.39, 0.29) is 5.91 Å². The molecule has 0 heterocycles. The molecule has 5 heteroatoms. The highest BCUT2D eigenvalue weighted by Crippen LogP contribution is 2.01. The number of nitrogens with one attached hydrogen (secondary N) is 1. The molecule has 1 amide bonds. The highest BCUT2D eigenvalue weighted by molar-refractivity contribution is 7.98. The molecule has 0 saturated heterocycles. The van der Waals surface area contributed by atoms with E-state index in [1.54, 1.807) is 11.8 Å². The normalized spacial score (nSPS) is 12.1. The minimum atomic E-state index is -0.396. The van der Waals surface area contributed by atoms with E-state index in [2.05, 4.69) is 5.32 Å². The largest absolute Gasteiger partial charge is 0.377 e. The lowest BCUT2D eigenvalue weighted by atomic mass is 10.2. The van der Waals surface area contributed by atoms with Gasteiger partial charge in [0.15, 0.2) is 0 Å². The molecule has 0 aliphatic carbocycles. The Balaban J connectivity index is 2.00. The van der Waals surface area contributed by atoms with Gasteiger partial charge in [-0.25, -0.2) is 0 Å². The third kappa shape index (κ3) is 7.53. The van der Waals surface area contributed by atoms with E-state index < -0.39 is 6.04 Å². The van der Waals surface area contributed by atoms with Crippen LogP contribution in [0.5, 0.6) is 0 Å². The van der Waals surface area contributed by atoms with Gasteiger partial charge in [-0.05, 0) is 30.4 Å². The first-order valence-corrected chi connectivity index (χ1v) is 8.27. The van der Waals surface area contributed by atoms with Crippen molar-refractivity contribution in [1.82, 2.24) is 5.32 Å². The Kier molecular flexibility index (Phi) is 9.11. The number of ether oxygens (including phenoxy) is 1. The summed E-state index contributed by atoms with van der Waals surface area (Å²) in [6, 6.07) is 9.65. The topological polar surface area (TPSA) is 64.4 Å². The lowest BCUT2D eigenvalue weighted by Gasteiger charge is -2.11. The van der Waals surface area contributed by atoms with Crippen LogP contribution in [0.2, 0.25) is 0 Å². The van der Waals surface area contributed by atoms with Gasteiger partial charge in [-0.1, -0.05) is 30.3 Å². The molecule has 0 spiro atoms. The van der Waals surface area contributed by atoms with E-state index in [1.807, 2.05) is 36.6 Å². The van der Waals surface area contributed by atoms with Crippen LogP contribution in [-0.2, 0) is 16.1 Å². The van der Waals surface area contributed by atoms with Crippen LogP contribution in [0.4, 0.5) is 0 Å². The van der Waals surface area contributed by atoms with Crippen LogP contribution in [0.3, 0.4) is 0 Å². The lowest BCUT2D eigenvalue weighted by molar-refractivity contribution is -0.122. The Bertz CT molecular complexity index is 373. The van der Waals surface area contributed by atoms with Gasteiger partial charge in [0.1, 0.15) is 0 Å². The number of nitrogens with two attached hydrogens (primary N) is 1. The molecule has 0 saturated carbocycles. The van der Waals surface area contributed by atoms with Crippen molar-refractivity contribution in [2.75, 3.05) is 25.2 Å². The summed E-state index contributed by atoms with van der Waals surface area (Å²) in [6.45, 7) is 1.86. The van der Waals surface area contributed by atoms with Crippen molar-refractivity contribution < 1.29 is 9.53 Å². The number of thioether (sulfide) groups is 1. The second-order valence-electron chi connectivity index (χ2n) is 4.57. The highest BCUT2D eigenvalue weighted by Gasteiger charge is 2.11. The summed E-state index contributed by atoms with van der Waals surface area (Å²) in [7, 11) is 0. The first-order chi connectivity index (χ1) is 9.74. The number of carbonyl (C=O) groups is 1. The van der Waals surface area contributed by atoms with Crippen molar-refractivity contribution in [1.29, 1.82) is 0 Å². The molecule has 0 aromatic heterocycles. The van der Waals surface area contributed by atoms with E-state index >= 15 is 0 Å². The summed E-state index contributed by atoms with van der Waals surface area (Å²) in [5.41, 5.74) is 6.93. The van der Waals surface area contributed by atoms with Crippen molar-refractivity contribution in [2.45, 2.75) is 25.5 Å². The lowest BCUT2D eigenvalue weighted by Crippen LogP contribution is -2.41. The van der Waals surface area contributed by atoms with E-state index in [4.69, 9.17) is 10.5 Å². The predicted octanol–water partition coefficient (Wildman–Crippen LogP) is 1.79. The molecule has 1 aromatic carbocycles. The molecular formula is C15H24N2O2S. The summed E-state index contributed by atoms with van der Waals surface area (Å²) < 4.78 is 5.54. The van der Waals surface area contributed by atoms with Gasteiger partial charge < -0.3 is 15.8 Å². The molecule has 0 aliphatic heterocycles. The highest BCUT2D eigenvalue weighted by atomic mass is 32.2. The second kappa shape index (κ2) is 10.7. The van der Waals surface area contributed by atoms with Gasteiger partial charge >= 0.3 is 0 Å². The average Bonchev–Trinajstić information content (AvgIpc) is 2.49. The maximum Gasteiger partial charge on any atom is 0.236 e. The van der Waals surface area contributed by atoms with E-state index in [0.29, 0.717) is 19.8 Å². The van der Waals surface area contributed by atoms with Gasteiger partial charge in [-0.3, -0.25) is 4.79 Å². The fourth-order valence-electron chi connectivity index (χ4n) is 1.66. The minimum absolute atomic E-state index is 0.0675. The molecule has 1 atom stereocenters. The van der Waals surface area contributed by atoms with Gasteiger partial charge in [0.25, 0.3) is 0 Å². The number of hydrogen-bond acceptors (Lipinski definition) is 4. The number of benzene rings is 1. The third-order valence-electron chi connectivity index (χ3n) is 2.85. The Morgan fingerprint density at radius 3 is 2.85 bits per heavy atom. The Morgan fingerprint density at radius 2 is 2.15 bits per heavy atom. The van der Waals surface area contributed by atoms with Gasteiger partial charge in [0.2, 0.25) is 5.91 Å². The molecule has 0 radical (unpaired) electrons. The molecule has 0 unspecified atom stereocenters. The first kappa shape index (κ1) is 17.0. The maximum absolute atomic E-state index is 11.6.